The Morgan fingerprint density at radius 3 is 2.62 bits per heavy atom. The van der Waals surface area contributed by atoms with Gasteiger partial charge in [0.2, 0.25) is 11.8 Å². The van der Waals surface area contributed by atoms with E-state index in [9.17, 15) is 9.59 Å². The molecule has 0 aliphatic carbocycles. The highest BCUT2D eigenvalue weighted by Gasteiger charge is 2.23. The standard InChI is InChI=1S/C8H12N2O2S/c1-5(11)10(2)8-6(7(9)12)3-4-13-8/h3-4H2,1-2H3,(H2,9,12). The first kappa shape index (κ1) is 10.1. The van der Waals surface area contributed by atoms with E-state index < -0.39 is 5.91 Å². The minimum Gasteiger partial charge on any atom is -0.366 e. The van der Waals surface area contributed by atoms with Crippen LogP contribution >= 0.6 is 11.8 Å². The first-order valence-corrected chi connectivity index (χ1v) is 4.92. The molecule has 0 atom stereocenters. The quantitative estimate of drug-likeness (QED) is 0.697. The van der Waals surface area contributed by atoms with Gasteiger partial charge in [-0.2, -0.15) is 0 Å². The van der Waals surface area contributed by atoms with Gasteiger partial charge in [0.1, 0.15) is 0 Å². The molecule has 2 amide bonds. The number of nitrogens with zero attached hydrogens (tertiary/aromatic N) is 1. The summed E-state index contributed by atoms with van der Waals surface area (Å²) in [6.45, 7) is 1.46. The summed E-state index contributed by atoms with van der Waals surface area (Å²) in [4.78, 5) is 23.4. The minimum atomic E-state index is -0.423. The lowest BCUT2D eigenvalue weighted by atomic mass is 10.2. The van der Waals surface area contributed by atoms with E-state index in [0.717, 1.165) is 5.75 Å². The Morgan fingerprint density at radius 2 is 2.15 bits per heavy atom. The summed E-state index contributed by atoms with van der Waals surface area (Å²) in [6, 6.07) is 0. The van der Waals surface area contributed by atoms with Gasteiger partial charge in [-0.3, -0.25) is 9.59 Å². The number of carbonyl (C=O) groups is 2. The molecule has 0 aromatic carbocycles. The lowest BCUT2D eigenvalue weighted by Crippen LogP contribution is -2.24. The number of thioether (sulfide) groups is 1. The summed E-state index contributed by atoms with van der Waals surface area (Å²) in [5, 5.41) is 0.708. The lowest BCUT2D eigenvalue weighted by molar-refractivity contribution is -0.125. The van der Waals surface area contributed by atoms with Crippen LogP contribution in [0.2, 0.25) is 0 Å². The Labute approximate surface area is 81.1 Å². The molecule has 4 nitrogen and oxygen atoms in total. The molecule has 0 bridgehead atoms. The molecule has 0 fully saturated rings. The number of primary amides is 1. The van der Waals surface area contributed by atoms with Crippen LogP contribution in [0.1, 0.15) is 13.3 Å². The third kappa shape index (κ3) is 2.03. The van der Waals surface area contributed by atoms with E-state index in [1.54, 1.807) is 7.05 Å². The maximum absolute atomic E-state index is 11.0. The van der Waals surface area contributed by atoms with E-state index >= 15 is 0 Å². The van der Waals surface area contributed by atoms with Crippen LogP contribution in [0.3, 0.4) is 0 Å². The average Bonchev–Trinajstić information content (AvgIpc) is 2.50. The fourth-order valence-electron chi connectivity index (χ4n) is 1.11. The first-order valence-electron chi connectivity index (χ1n) is 3.94. The van der Waals surface area contributed by atoms with Crippen LogP contribution < -0.4 is 5.73 Å². The van der Waals surface area contributed by atoms with Crippen molar-refractivity contribution in [1.82, 2.24) is 4.90 Å². The highest BCUT2D eigenvalue weighted by Crippen LogP contribution is 2.32. The monoisotopic (exact) mass is 200 g/mol. The number of nitrogens with two attached hydrogens (primary N) is 1. The van der Waals surface area contributed by atoms with Crippen LogP contribution in [0.4, 0.5) is 0 Å². The molecule has 1 aliphatic rings. The van der Waals surface area contributed by atoms with Crippen molar-refractivity contribution in [2.24, 2.45) is 5.73 Å². The lowest BCUT2D eigenvalue weighted by Gasteiger charge is -2.16. The van der Waals surface area contributed by atoms with Crippen molar-refractivity contribution in [3.05, 3.63) is 10.6 Å². The van der Waals surface area contributed by atoms with E-state index in [-0.39, 0.29) is 5.91 Å². The molecule has 1 aliphatic heterocycles. The Kier molecular flexibility index (Phi) is 2.98. The van der Waals surface area contributed by atoms with Crippen LogP contribution in [0, 0.1) is 0 Å². The van der Waals surface area contributed by atoms with E-state index in [4.69, 9.17) is 5.73 Å². The van der Waals surface area contributed by atoms with Crippen molar-refractivity contribution in [1.29, 1.82) is 0 Å². The topological polar surface area (TPSA) is 63.4 Å². The van der Waals surface area contributed by atoms with Crippen molar-refractivity contribution < 1.29 is 9.59 Å². The predicted octanol–water partition coefficient (Wildman–Crippen LogP) is 0.299. The molecule has 13 heavy (non-hydrogen) atoms. The Hall–Kier alpha value is -0.970. The SMILES string of the molecule is CC(=O)N(C)C1=C(C(N)=O)CCS1. The van der Waals surface area contributed by atoms with E-state index in [2.05, 4.69) is 0 Å². The second-order valence-corrected chi connectivity index (χ2v) is 3.91. The molecule has 0 radical (unpaired) electrons. The van der Waals surface area contributed by atoms with Crippen molar-refractivity contribution in [2.75, 3.05) is 12.8 Å². The van der Waals surface area contributed by atoms with Crippen LogP contribution in [-0.4, -0.2) is 29.5 Å². The molecule has 0 spiro atoms. The molecule has 1 heterocycles. The molecule has 1 rings (SSSR count). The van der Waals surface area contributed by atoms with Crippen molar-refractivity contribution >= 4 is 23.6 Å². The molecule has 2 N–H and O–H groups in total. The Bertz CT molecular complexity index is 286. The summed E-state index contributed by atoms with van der Waals surface area (Å²) in [7, 11) is 1.65. The van der Waals surface area contributed by atoms with Gasteiger partial charge in [-0.1, -0.05) is 0 Å². The van der Waals surface area contributed by atoms with Gasteiger partial charge in [-0.05, 0) is 6.42 Å². The highest BCUT2D eigenvalue weighted by molar-refractivity contribution is 8.03. The first-order chi connectivity index (χ1) is 6.04. The zero-order valence-corrected chi connectivity index (χ0v) is 8.48. The minimum absolute atomic E-state index is 0.0804. The van der Waals surface area contributed by atoms with Gasteiger partial charge < -0.3 is 10.6 Å². The molecule has 0 aromatic heterocycles. The molecule has 0 saturated heterocycles. The molecule has 0 saturated carbocycles. The second kappa shape index (κ2) is 3.83. The summed E-state index contributed by atoms with van der Waals surface area (Å²) >= 11 is 1.50. The van der Waals surface area contributed by atoms with E-state index in [1.807, 2.05) is 0 Å². The number of hydrogen-bond donors (Lipinski definition) is 1. The van der Waals surface area contributed by atoms with E-state index in [0.29, 0.717) is 17.0 Å². The third-order valence-electron chi connectivity index (χ3n) is 1.92. The molecule has 72 valence electrons. The Morgan fingerprint density at radius 1 is 1.54 bits per heavy atom. The second-order valence-electron chi connectivity index (χ2n) is 2.82. The van der Waals surface area contributed by atoms with Crippen molar-refractivity contribution in [3.63, 3.8) is 0 Å². The number of hydrogen-bond acceptors (Lipinski definition) is 3. The fourth-order valence-corrected chi connectivity index (χ4v) is 2.31. The summed E-state index contributed by atoms with van der Waals surface area (Å²) in [6.07, 6.45) is 0.660. The fraction of sp³-hybridized carbons (Fsp3) is 0.500. The normalized spacial score (nSPS) is 16.2. The number of amides is 2. The van der Waals surface area contributed by atoms with Gasteiger partial charge >= 0.3 is 0 Å². The summed E-state index contributed by atoms with van der Waals surface area (Å²) in [5.74, 6) is 0.321. The van der Waals surface area contributed by atoms with Gasteiger partial charge in [0.25, 0.3) is 0 Å². The van der Waals surface area contributed by atoms with Gasteiger partial charge in [-0.15, -0.1) is 11.8 Å². The van der Waals surface area contributed by atoms with Crippen molar-refractivity contribution in [3.8, 4) is 0 Å². The van der Waals surface area contributed by atoms with E-state index in [1.165, 1.54) is 23.6 Å². The van der Waals surface area contributed by atoms with Gasteiger partial charge in [0, 0.05) is 25.3 Å². The Balaban J connectivity index is 2.93. The van der Waals surface area contributed by atoms with Gasteiger partial charge in [0.15, 0.2) is 0 Å². The zero-order chi connectivity index (χ0) is 10.0. The molecule has 0 unspecified atom stereocenters. The van der Waals surface area contributed by atoms with Gasteiger partial charge in [-0.25, -0.2) is 0 Å². The molecule has 5 heteroatoms. The highest BCUT2D eigenvalue weighted by atomic mass is 32.2. The smallest absolute Gasteiger partial charge is 0.247 e. The van der Waals surface area contributed by atoms with Crippen LogP contribution in [0.15, 0.2) is 10.6 Å². The zero-order valence-electron chi connectivity index (χ0n) is 7.66. The molecular formula is C8H12N2O2S. The maximum atomic E-state index is 11.0. The summed E-state index contributed by atoms with van der Waals surface area (Å²) < 4.78 is 0. The molecule has 0 aromatic rings. The predicted molar refractivity (Wildman–Crippen MR) is 51.7 cm³/mol. The van der Waals surface area contributed by atoms with Crippen LogP contribution in [0.25, 0.3) is 0 Å². The maximum Gasteiger partial charge on any atom is 0.247 e. The molecular weight excluding hydrogens is 188 g/mol. The average molecular weight is 200 g/mol. The summed E-state index contributed by atoms with van der Waals surface area (Å²) in [5.41, 5.74) is 5.75. The van der Waals surface area contributed by atoms with Gasteiger partial charge in [0.05, 0.1) is 5.03 Å². The van der Waals surface area contributed by atoms with Crippen LogP contribution in [-0.2, 0) is 9.59 Å². The third-order valence-corrected chi connectivity index (χ3v) is 3.13. The van der Waals surface area contributed by atoms with Crippen LogP contribution in [0.5, 0.6) is 0 Å². The number of rotatable bonds is 2. The number of carbonyl (C=O) groups excluding carboxylic acids is 2. The largest absolute Gasteiger partial charge is 0.366 e. The van der Waals surface area contributed by atoms with Crippen molar-refractivity contribution in [2.45, 2.75) is 13.3 Å².